The Balaban J connectivity index is 1.62. The van der Waals surface area contributed by atoms with E-state index < -0.39 is 11.7 Å². The third-order valence-corrected chi connectivity index (χ3v) is 6.32. The Hall–Kier alpha value is -2.03. The van der Waals surface area contributed by atoms with Gasteiger partial charge in [-0.1, -0.05) is 82.0 Å². The molecule has 1 aliphatic rings. The maximum absolute atomic E-state index is 12.7. The average Bonchev–Trinajstić information content (AvgIpc) is 2.73. The summed E-state index contributed by atoms with van der Waals surface area (Å²) in [5, 5.41) is 0. The van der Waals surface area contributed by atoms with Gasteiger partial charge in [0.15, 0.2) is 0 Å². The SMILES string of the molecule is CCCCCC(C)C1CC=C(c2ccc(-c3ccc(C(F)(F)F)cc3)cc2)CC1. The van der Waals surface area contributed by atoms with Crippen LogP contribution < -0.4 is 0 Å². The van der Waals surface area contributed by atoms with Gasteiger partial charge in [-0.3, -0.25) is 0 Å². The van der Waals surface area contributed by atoms with E-state index in [4.69, 9.17) is 0 Å². The van der Waals surface area contributed by atoms with E-state index in [0.717, 1.165) is 47.9 Å². The summed E-state index contributed by atoms with van der Waals surface area (Å²) in [7, 11) is 0. The molecule has 0 spiro atoms. The number of unbranched alkanes of at least 4 members (excludes halogenated alkanes) is 2. The Labute approximate surface area is 172 Å². The van der Waals surface area contributed by atoms with Crippen molar-refractivity contribution in [2.45, 2.75) is 65.0 Å². The number of allylic oxidation sites excluding steroid dienone is 2. The molecule has 0 heterocycles. The standard InChI is InChI=1S/C26H31F3/c1-3-4-5-6-19(2)20-7-9-21(10-8-20)22-11-13-23(14-12-22)24-15-17-25(18-16-24)26(27,28)29/h9,11-20H,3-8,10H2,1-2H3. The minimum atomic E-state index is -4.29. The smallest absolute Gasteiger partial charge is 0.166 e. The van der Waals surface area contributed by atoms with Gasteiger partial charge in [0, 0.05) is 0 Å². The lowest BCUT2D eigenvalue weighted by atomic mass is 9.78. The van der Waals surface area contributed by atoms with E-state index in [2.05, 4.69) is 32.1 Å². The number of alkyl halides is 3. The molecule has 29 heavy (non-hydrogen) atoms. The molecule has 0 saturated heterocycles. The van der Waals surface area contributed by atoms with Crippen LogP contribution in [0.5, 0.6) is 0 Å². The molecule has 0 nitrogen and oxygen atoms in total. The predicted molar refractivity (Wildman–Crippen MR) is 116 cm³/mol. The van der Waals surface area contributed by atoms with Crippen LogP contribution in [-0.4, -0.2) is 0 Å². The topological polar surface area (TPSA) is 0 Å². The van der Waals surface area contributed by atoms with Crippen LogP contribution in [-0.2, 0) is 6.18 Å². The van der Waals surface area contributed by atoms with Gasteiger partial charge in [0.05, 0.1) is 5.56 Å². The van der Waals surface area contributed by atoms with Crippen molar-refractivity contribution in [1.82, 2.24) is 0 Å². The van der Waals surface area contributed by atoms with Crippen molar-refractivity contribution in [3.8, 4) is 11.1 Å². The Morgan fingerprint density at radius 1 is 0.897 bits per heavy atom. The van der Waals surface area contributed by atoms with Gasteiger partial charge in [0.1, 0.15) is 0 Å². The van der Waals surface area contributed by atoms with Crippen LogP contribution in [0.1, 0.15) is 69.9 Å². The van der Waals surface area contributed by atoms with Gasteiger partial charge in [-0.2, -0.15) is 13.2 Å². The molecule has 0 bridgehead atoms. The zero-order valence-electron chi connectivity index (χ0n) is 17.4. The summed E-state index contributed by atoms with van der Waals surface area (Å²) >= 11 is 0. The Morgan fingerprint density at radius 3 is 2.00 bits per heavy atom. The van der Waals surface area contributed by atoms with Gasteiger partial charge in [-0.25, -0.2) is 0 Å². The van der Waals surface area contributed by atoms with Crippen LogP contribution >= 0.6 is 0 Å². The zero-order valence-corrected chi connectivity index (χ0v) is 17.4. The van der Waals surface area contributed by atoms with Crippen molar-refractivity contribution in [2.24, 2.45) is 11.8 Å². The predicted octanol–water partition coefficient (Wildman–Crippen LogP) is 8.77. The van der Waals surface area contributed by atoms with E-state index in [-0.39, 0.29) is 0 Å². The molecule has 156 valence electrons. The van der Waals surface area contributed by atoms with Gasteiger partial charge in [-0.15, -0.1) is 0 Å². The molecular formula is C26H31F3. The molecule has 2 unspecified atom stereocenters. The molecule has 0 amide bonds. The average molecular weight is 401 g/mol. The van der Waals surface area contributed by atoms with Crippen molar-refractivity contribution in [2.75, 3.05) is 0 Å². The fourth-order valence-electron chi connectivity index (χ4n) is 4.31. The minimum absolute atomic E-state index is 0.608. The summed E-state index contributed by atoms with van der Waals surface area (Å²) in [6, 6.07) is 13.6. The van der Waals surface area contributed by atoms with Crippen molar-refractivity contribution < 1.29 is 13.2 Å². The number of halogens is 3. The molecule has 0 radical (unpaired) electrons. The van der Waals surface area contributed by atoms with E-state index >= 15 is 0 Å². The summed E-state index contributed by atoms with van der Waals surface area (Å²) in [5.41, 5.74) is 3.78. The first-order valence-electron chi connectivity index (χ1n) is 10.9. The molecule has 2 atom stereocenters. The molecule has 2 aromatic carbocycles. The van der Waals surface area contributed by atoms with E-state index in [1.807, 2.05) is 12.1 Å². The summed E-state index contributed by atoms with van der Waals surface area (Å²) < 4.78 is 38.2. The Bertz CT molecular complexity index is 797. The van der Waals surface area contributed by atoms with E-state index in [1.54, 1.807) is 12.1 Å². The highest BCUT2D eigenvalue weighted by Crippen LogP contribution is 2.36. The fourth-order valence-corrected chi connectivity index (χ4v) is 4.31. The molecular weight excluding hydrogens is 369 g/mol. The number of rotatable bonds is 7. The second-order valence-corrected chi connectivity index (χ2v) is 8.39. The van der Waals surface area contributed by atoms with Gasteiger partial charge in [0.25, 0.3) is 0 Å². The lowest BCUT2D eigenvalue weighted by molar-refractivity contribution is -0.137. The van der Waals surface area contributed by atoms with Gasteiger partial charge in [0.2, 0.25) is 0 Å². The minimum Gasteiger partial charge on any atom is -0.166 e. The van der Waals surface area contributed by atoms with E-state index in [9.17, 15) is 13.2 Å². The van der Waals surface area contributed by atoms with Crippen LogP contribution in [0, 0.1) is 11.8 Å². The highest BCUT2D eigenvalue weighted by molar-refractivity contribution is 5.71. The second kappa shape index (κ2) is 9.65. The molecule has 0 N–H and O–H groups in total. The van der Waals surface area contributed by atoms with Crippen LogP contribution in [0.25, 0.3) is 16.7 Å². The van der Waals surface area contributed by atoms with Crippen molar-refractivity contribution in [3.05, 3.63) is 65.7 Å². The zero-order chi connectivity index (χ0) is 20.9. The fraction of sp³-hybridized carbons (Fsp3) is 0.462. The highest BCUT2D eigenvalue weighted by atomic mass is 19.4. The number of benzene rings is 2. The van der Waals surface area contributed by atoms with Gasteiger partial charge < -0.3 is 0 Å². The molecule has 0 aliphatic heterocycles. The van der Waals surface area contributed by atoms with Crippen molar-refractivity contribution in [1.29, 1.82) is 0 Å². The Morgan fingerprint density at radius 2 is 1.48 bits per heavy atom. The quantitative estimate of drug-likeness (QED) is 0.407. The molecule has 2 aromatic rings. The third kappa shape index (κ3) is 5.74. The monoisotopic (exact) mass is 400 g/mol. The van der Waals surface area contributed by atoms with Crippen LogP contribution in [0.2, 0.25) is 0 Å². The molecule has 3 heteroatoms. The molecule has 0 aromatic heterocycles. The van der Waals surface area contributed by atoms with Crippen molar-refractivity contribution in [3.63, 3.8) is 0 Å². The normalized spacial score (nSPS) is 18.4. The highest BCUT2D eigenvalue weighted by Gasteiger charge is 2.30. The maximum Gasteiger partial charge on any atom is 0.416 e. The van der Waals surface area contributed by atoms with Gasteiger partial charge in [-0.05, 0) is 65.5 Å². The third-order valence-electron chi connectivity index (χ3n) is 6.32. The Kier molecular flexibility index (Phi) is 7.21. The van der Waals surface area contributed by atoms with Crippen molar-refractivity contribution >= 4 is 5.57 Å². The summed E-state index contributed by atoms with van der Waals surface area (Å²) in [5.74, 6) is 1.59. The molecule has 1 aliphatic carbocycles. The molecule has 3 rings (SSSR count). The first-order chi connectivity index (χ1) is 13.9. The van der Waals surface area contributed by atoms with E-state index in [1.165, 1.54) is 43.2 Å². The number of hydrogen-bond acceptors (Lipinski definition) is 0. The maximum atomic E-state index is 12.7. The number of hydrogen-bond donors (Lipinski definition) is 0. The van der Waals surface area contributed by atoms with E-state index in [0.29, 0.717) is 0 Å². The first kappa shape index (κ1) is 21.7. The first-order valence-corrected chi connectivity index (χ1v) is 10.9. The van der Waals surface area contributed by atoms with Crippen LogP contribution in [0.3, 0.4) is 0 Å². The van der Waals surface area contributed by atoms with Gasteiger partial charge >= 0.3 is 6.18 Å². The lowest BCUT2D eigenvalue weighted by Gasteiger charge is -2.27. The van der Waals surface area contributed by atoms with Crippen LogP contribution in [0.4, 0.5) is 13.2 Å². The molecule has 0 saturated carbocycles. The summed E-state index contributed by atoms with van der Waals surface area (Å²) in [6.45, 7) is 4.65. The lowest BCUT2D eigenvalue weighted by Crippen LogP contribution is -2.14. The second-order valence-electron chi connectivity index (χ2n) is 8.39. The summed E-state index contributed by atoms with van der Waals surface area (Å²) in [6.07, 6.45) is 6.93. The largest absolute Gasteiger partial charge is 0.416 e. The molecule has 0 fully saturated rings. The summed E-state index contributed by atoms with van der Waals surface area (Å²) in [4.78, 5) is 0. The van der Waals surface area contributed by atoms with Crippen LogP contribution in [0.15, 0.2) is 54.6 Å².